The van der Waals surface area contributed by atoms with Crippen molar-refractivity contribution in [2.75, 3.05) is 18.4 Å². The standard InChI is InChI=1S/C25H28N6O/c1-2-21(20-11-7-4-8-12-20)25(32)27-15-16-31-24-22(17-30-31)23(28-18-29-24)26-14-13-19-9-5-3-6-10-19/h3-12,17-18,21H,2,13-16H2,1H3,(H,27,32)(H,26,28,29). The molecule has 0 aliphatic carbocycles. The first-order valence-corrected chi connectivity index (χ1v) is 11.0. The van der Waals surface area contributed by atoms with E-state index in [0.29, 0.717) is 13.1 Å². The fraction of sp³-hybridized carbons (Fsp3) is 0.280. The molecule has 0 aliphatic heterocycles. The summed E-state index contributed by atoms with van der Waals surface area (Å²) >= 11 is 0. The number of carbonyl (C=O) groups excluding carboxylic acids is 1. The van der Waals surface area contributed by atoms with Gasteiger partial charge in [-0.15, -0.1) is 0 Å². The average molecular weight is 429 g/mol. The van der Waals surface area contributed by atoms with E-state index in [-0.39, 0.29) is 11.8 Å². The first-order chi connectivity index (χ1) is 15.8. The number of hydrogen-bond donors (Lipinski definition) is 2. The monoisotopic (exact) mass is 428 g/mol. The summed E-state index contributed by atoms with van der Waals surface area (Å²) in [5.41, 5.74) is 3.07. The molecule has 2 aromatic carbocycles. The van der Waals surface area contributed by atoms with Gasteiger partial charge >= 0.3 is 0 Å². The van der Waals surface area contributed by atoms with Crippen LogP contribution in [0.25, 0.3) is 11.0 Å². The number of benzene rings is 2. The molecular weight excluding hydrogens is 400 g/mol. The minimum absolute atomic E-state index is 0.0352. The van der Waals surface area contributed by atoms with Gasteiger partial charge in [0.1, 0.15) is 12.1 Å². The summed E-state index contributed by atoms with van der Waals surface area (Å²) in [5.74, 6) is 0.665. The number of fused-ring (bicyclic) bond motifs is 1. The molecular formula is C25H28N6O. The Morgan fingerprint density at radius 3 is 2.50 bits per heavy atom. The van der Waals surface area contributed by atoms with Crippen molar-refractivity contribution in [2.45, 2.75) is 32.2 Å². The van der Waals surface area contributed by atoms with E-state index < -0.39 is 0 Å². The molecule has 1 amide bonds. The Morgan fingerprint density at radius 2 is 1.75 bits per heavy atom. The van der Waals surface area contributed by atoms with Gasteiger partial charge in [-0.25, -0.2) is 14.6 Å². The van der Waals surface area contributed by atoms with Crippen molar-refractivity contribution in [3.05, 3.63) is 84.3 Å². The Kier molecular flexibility index (Phi) is 7.07. The summed E-state index contributed by atoms with van der Waals surface area (Å²) in [5, 5.41) is 11.8. The number of amides is 1. The molecule has 2 heterocycles. The topological polar surface area (TPSA) is 84.7 Å². The number of rotatable bonds is 10. The molecule has 1 atom stereocenters. The van der Waals surface area contributed by atoms with Crippen LogP contribution in [0.4, 0.5) is 5.82 Å². The molecule has 0 spiro atoms. The molecule has 1 unspecified atom stereocenters. The molecule has 0 radical (unpaired) electrons. The maximum Gasteiger partial charge on any atom is 0.227 e. The average Bonchev–Trinajstić information content (AvgIpc) is 3.25. The summed E-state index contributed by atoms with van der Waals surface area (Å²) < 4.78 is 1.81. The minimum atomic E-state index is -0.145. The second kappa shape index (κ2) is 10.5. The van der Waals surface area contributed by atoms with Gasteiger partial charge < -0.3 is 10.6 Å². The number of anilines is 1. The van der Waals surface area contributed by atoms with Crippen LogP contribution in [0.1, 0.15) is 30.4 Å². The van der Waals surface area contributed by atoms with Crippen LogP contribution < -0.4 is 10.6 Å². The molecule has 0 saturated carbocycles. The second-order valence-electron chi connectivity index (χ2n) is 7.65. The molecule has 0 bridgehead atoms. The molecule has 0 saturated heterocycles. The zero-order valence-corrected chi connectivity index (χ0v) is 18.2. The van der Waals surface area contributed by atoms with Crippen LogP contribution in [0, 0.1) is 0 Å². The second-order valence-corrected chi connectivity index (χ2v) is 7.65. The summed E-state index contributed by atoms with van der Waals surface area (Å²) in [4.78, 5) is 21.5. The highest BCUT2D eigenvalue weighted by Gasteiger charge is 2.18. The highest BCUT2D eigenvalue weighted by Crippen LogP contribution is 2.20. The van der Waals surface area contributed by atoms with Crippen LogP contribution in [0.15, 0.2) is 73.2 Å². The maximum absolute atomic E-state index is 12.7. The first-order valence-electron chi connectivity index (χ1n) is 11.0. The van der Waals surface area contributed by atoms with Crippen LogP contribution in [0.3, 0.4) is 0 Å². The van der Waals surface area contributed by atoms with Gasteiger partial charge in [-0.2, -0.15) is 5.10 Å². The van der Waals surface area contributed by atoms with E-state index in [1.54, 1.807) is 12.5 Å². The predicted octanol–water partition coefficient (Wildman–Crippen LogP) is 3.79. The Hall–Kier alpha value is -3.74. The fourth-order valence-electron chi connectivity index (χ4n) is 3.83. The van der Waals surface area contributed by atoms with E-state index in [0.717, 1.165) is 41.8 Å². The lowest BCUT2D eigenvalue weighted by molar-refractivity contribution is -0.122. The Morgan fingerprint density at radius 1 is 1.00 bits per heavy atom. The fourth-order valence-corrected chi connectivity index (χ4v) is 3.83. The molecule has 2 aromatic heterocycles. The van der Waals surface area contributed by atoms with Gasteiger partial charge in [0.05, 0.1) is 24.0 Å². The molecule has 164 valence electrons. The lowest BCUT2D eigenvalue weighted by atomic mass is 9.96. The van der Waals surface area contributed by atoms with Gasteiger partial charge in [-0.3, -0.25) is 4.79 Å². The molecule has 2 N–H and O–H groups in total. The Labute approximate surface area is 187 Å². The minimum Gasteiger partial charge on any atom is -0.369 e. The van der Waals surface area contributed by atoms with E-state index in [4.69, 9.17) is 0 Å². The Bertz CT molecular complexity index is 1140. The van der Waals surface area contributed by atoms with Crippen LogP contribution in [0.5, 0.6) is 0 Å². The van der Waals surface area contributed by atoms with Gasteiger partial charge in [-0.05, 0) is 24.0 Å². The van der Waals surface area contributed by atoms with Crippen molar-refractivity contribution in [2.24, 2.45) is 0 Å². The highest BCUT2D eigenvalue weighted by atomic mass is 16.1. The van der Waals surface area contributed by atoms with Gasteiger partial charge in [0.2, 0.25) is 5.91 Å². The van der Waals surface area contributed by atoms with E-state index >= 15 is 0 Å². The number of nitrogens with zero attached hydrogens (tertiary/aromatic N) is 4. The number of aromatic nitrogens is 4. The molecule has 0 aliphatic rings. The number of nitrogens with one attached hydrogen (secondary N) is 2. The van der Waals surface area contributed by atoms with Gasteiger partial charge in [0.15, 0.2) is 5.65 Å². The lowest BCUT2D eigenvalue weighted by Crippen LogP contribution is -2.32. The molecule has 7 heteroatoms. The van der Waals surface area contributed by atoms with Crippen molar-refractivity contribution in [1.29, 1.82) is 0 Å². The normalized spacial score (nSPS) is 11.9. The highest BCUT2D eigenvalue weighted by molar-refractivity contribution is 5.86. The van der Waals surface area contributed by atoms with E-state index in [9.17, 15) is 4.79 Å². The van der Waals surface area contributed by atoms with Crippen LogP contribution >= 0.6 is 0 Å². The maximum atomic E-state index is 12.7. The predicted molar refractivity (Wildman–Crippen MR) is 126 cm³/mol. The van der Waals surface area contributed by atoms with Crippen molar-refractivity contribution in [1.82, 2.24) is 25.1 Å². The molecule has 4 rings (SSSR count). The van der Waals surface area contributed by atoms with Crippen molar-refractivity contribution in [3.63, 3.8) is 0 Å². The molecule has 0 fully saturated rings. The summed E-state index contributed by atoms with van der Waals surface area (Å²) in [6.45, 7) is 3.83. The first kappa shape index (κ1) is 21.5. The summed E-state index contributed by atoms with van der Waals surface area (Å²) in [6.07, 6.45) is 4.99. The molecule has 32 heavy (non-hydrogen) atoms. The van der Waals surface area contributed by atoms with Gasteiger partial charge in [-0.1, -0.05) is 67.6 Å². The number of carbonyl (C=O) groups is 1. The molecule has 4 aromatic rings. The van der Waals surface area contributed by atoms with Crippen LogP contribution in [-0.4, -0.2) is 38.7 Å². The van der Waals surface area contributed by atoms with Crippen molar-refractivity contribution >= 4 is 22.8 Å². The largest absolute Gasteiger partial charge is 0.369 e. The quantitative estimate of drug-likeness (QED) is 0.401. The van der Waals surface area contributed by atoms with Crippen LogP contribution in [0.2, 0.25) is 0 Å². The number of hydrogen-bond acceptors (Lipinski definition) is 5. The summed E-state index contributed by atoms with van der Waals surface area (Å²) in [7, 11) is 0. The smallest absolute Gasteiger partial charge is 0.227 e. The van der Waals surface area contributed by atoms with Gasteiger partial charge in [0.25, 0.3) is 0 Å². The van der Waals surface area contributed by atoms with Gasteiger partial charge in [0, 0.05) is 13.1 Å². The van der Waals surface area contributed by atoms with Crippen molar-refractivity contribution < 1.29 is 4.79 Å². The lowest BCUT2D eigenvalue weighted by Gasteiger charge is -2.15. The molecule has 7 nitrogen and oxygen atoms in total. The zero-order valence-electron chi connectivity index (χ0n) is 18.2. The summed E-state index contributed by atoms with van der Waals surface area (Å²) in [6, 6.07) is 20.2. The third kappa shape index (κ3) is 5.11. The van der Waals surface area contributed by atoms with Crippen LogP contribution in [-0.2, 0) is 17.8 Å². The SMILES string of the molecule is CCC(C(=O)NCCn1ncc2c(NCCc3ccccc3)ncnc21)c1ccccc1. The van der Waals surface area contributed by atoms with E-state index in [2.05, 4.69) is 37.8 Å². The van der Waals surface area contributed by atoms with E-state index in [1.807, 2.05) is 60.1 Å². The van der Waals surface area contributed by atoms with Crippen molar-refractivity contribution in [3.8, 4) is 0 Å². The van der Waals surface area contributed by atoms with E-state index in [1.165, 1.54) is 5.56 Å². The third-order valence-electron chi connectivity index (χ3n) is 5.53. The zero-order chi connectivity index (χ0) is 22.2. The third-order valence-corrected chi connectivity index (χ3v) is 5.53. The Balaban J connectivity index is 1.35.